The van der Waals surface area contributed by atoms with Crippen molar-refractivity contribution in [1.29, 1.82) is 0 Å². The second kappa shape index (κ2) is 7.90. The second-order valence-electron chi connectivity index (χ2n) is 4.80. The lowest BCUT2D eigenvalue weighted by molar-refractivity contribution is -0.144. The Morgan fingerprint density at radius 2 is 1.80 bits per heavy atom. The Balaban J connectivity index is 2.90. The van der Waals surface area contributed by atoms with E-state index in [2.05, 4.69) is 5.32 Å². The van der Waals surface area contributed by atoms with Gasteiger partial charge in [-0.25, -0.2) is 0 Å². The third-order valence-corrected chi connectivity index (χ3v) is 3.17. The molecule has 1 N–H and O–H groups in total. The van der Waals surface area contributed by atoms with E-state index in [0.29, 0.717) is 19.6 Å². The molecule has 1 aromatic rings. The van der Waals surface area contributed by atoms with E-state index in [-0.39, 0.29) is 5.97 Å². The largest absolute Gasteiger partial charge is 0.494 e. The van der Waals surface area contributed by atoms with E-state index in [9.17, 15) is 4.79 Å². The van der Waals surface area contributed by atoms with Crippen LogP contribution in [0.3, 0.4) is 0 Å². The number of benzene rings is 1. The van der Waals surface area contributed by atoms with Crippen molar-refractivity contribution in [3.8, 4) is 5.75 Å². The van der Waals surface area contributed by atoms with E-state index in [4.69, 9.17) is 9.47 Å². The third-order valence-electron chi connectivity index (χ3n) is 3.17. The fraction of sp³-hybridized carbons (Fsp3) is 0.562. The third kappa shape index (κ3) is 4.53. The molecule has 0 aliphatic heterocycles. The van der Waals surface area contributed by atoms with Crippen molar-refractivity contribution in [1.82, 2.24) is 5.32 Å². The van der Waals surface area contributed by atoms with Crippen LogP contribution in [0.1, 0.15) is 39.7 Å². The number of carbonyl (C=O) groups is 1. The predicted octanol–water partition coefficient (Wildman–Crippen LogP) is 2.86. The standard InChI is InChI=1S/C16H25NO3/c1-5-17-16(4,12-15(18)20-7-3)13-8-10-14(11-9-13)19-6-2/h8-11,17H,5-7,12H2,1-4H3. The first-order chi connectivity index (χ1) is 9.55. The van der Waals surface area contributed by atoms with Gasteiger partial charge in [0.15, 0.2) is 0 Å². The van der Waals surface area contributed by atoms with Crippen LogP contribution in [0.5, 0.6) is 5.75 Å². The molecule has 0 heterocycles. The van der Waals surface area contributed by atoms with Gasteiger partial charge in [-0.1, -0.05) is 19.1 Å². The second-order valence-corrected chi connectivity index (χ2v) is 4.80. The number of carbonyl (C=O) groups excluding carboxylic acids is 1. The Morgan fingerprint density at radius 1 is 1.15 bits per heavy atom. The molecule has 0 amide bonds. The summed E-state index contributed by atoms with van der Waals surface area (Å²) in [6, 6.07) is 7.85. The van der Waals surface area contributed by atoms with Gasteiger partial charge in [-0.3, -0.25) is 4.79 Å². The quantitative estimate of drug-likeness (QED) is 0.743. The Kier molecular flexibility index (Phi) is 6.52. The fourth-order valence-electron chi connectivity index (χ4n) is 2.24. The van der Waals surface area contributed by atoms with Crippen molar-refractivity contribution in [2.45, 2.75) is 39.7 Å². The lowest BCUT2D eigenvalue weighted by Gasteiger charge is -2.30. The van der Waals surface area contributed by atoms with Crippen molar-refractivity contribution in [2.24, 2.45) is 0 Å². The summed E-state index contributed by atoms with van der Waals surface area (Å²) in [5.74, 6) is 0.649. The summed E-state index contributed by atoms with van der Waals surface area (Å²) in [7, 11) is 0. The first-order valence-corrected chi connectivity index (χ1v) is 7.19. The molecule has 0 radical (unpaired) electrons. The lowest BCUT2D eigenvalue weighted by atomic mass is 9.88. The highest BCUT2D eigenvalue weighted by molar-refractivity contribution is 5.71. The maximum Gasteiger partial charge on any atom is 0.307 e. The maximum atomic E-state index is 11.8. The van der Waals surface area contributed by atoms with Crippen molar-refractivity contribution >= 4 is 5.97 Å². The first kappa shape index (κ1) is 16.5. The van der Waals surface area contributed by atoms with Crippen LogP contribution in [0.25, 0.3) is 0 Å². The van der Waals surface area contributed by atoms with Crippen LogP contribution >= 0.6 is 0 Å². The van der Waals surface area contributed by atoms with Crippen molar-refractivity contribution in [2.75, 3.05) is 19.8 Å². The average Bonchev–Trinajstić information content (AvgIpc) is 2.40. The summed E-state index contributed by atoms with van der Waals surface area (Å²) in [6.07, 6.45) is 0.308. The molecule has 0 saturated heterocycles. The zero-order valence-corrected chi connectivity index (χ0v) is 12.9. The molecule has 0 saturated carbocycles. The van der Waals surface area contributed by atoms with Gasteiger partial charge < -0.3 is 14.8 Å². The number of hydrogen-bond acceptors (Lipinski definition) is 4. The monoisotopic (exact) mass is 279 g/mol. The maximum absolute atomic E-state index is 11.8. The van der Waals surface area contributed by atoms with Gasteiger partial charge in [0, 0.05) is 0 Å². The van der Waals surface area contributed by atoms with Crippen LogP contribution in [0.4, 0.5) is 0 Å². The first-order valence-electron chi connectivity index (χ1n) is 7.19. The summed E-state index contributed by atoms with van der Waals surface area (Å²) in [6.45, 7) is 9.65. The molecule has 1 aromatic carbocycles. The van der Waals surface area contributed by atoms with E-state index in [1.807, 2.05) is 52.0 Å². The van der Waals surface area contributed by atoms with Gasteiger partial charge in [0.05, 0.1) is 25.2 Å². The zero-order valence-electron chi connectivity index (χ0n) is 12.9. The predicted molar refractivity (Wildman–Crippen MR) is 79.9 cm³/mol. The van der Waals surface area contributed by atoms with E-state index >= 15 is 0 Å². The average molecular weight is 279 g/mol. The topological polar surface area (TPSA) is 47.6 Å². The molecule has 20 heavy (non-hydrogen) atoms. The van der Waals surface area contributed by atoms with Crippen LogP contribution in [0.2, 0.25) is 0 Å². The minimum absolute atomic E-state index is 0.190. The van der Waals surface area contributed by atoms with Crippen molar-refractivity contribution < 1.29 is 14.3 Å². The summed E-state index contributed by atoms with van der Waals surface area (Å²) < 4.78 is 10.5. The van der Waals surface area contributed by atoms with E-state index < -0.39 is 5.54 Å². The molecule has 0 spiro atoms. The number of hydrogen-bond donors (Lipinski definition) is 1. The molecule has 0 aliphatic rings. The minimum atomic E-state index is -0.425. The van der Waals surface area contributed by atoms with Gasteiger partial charge in [0.1, 0.15) is 5.75 Å². The Labute approximate surface area is 121 Å². The molecule has 1 atom stereocenters. The Hall–Kier alpha value is -1.55. The highest BCUT2D eigenvalue weighted by Gasteiger charge is 2.29. The molecule has 1 unspecified atom stereocenters. The molecular weight excluding hydrogens is 254 g/mol. The van der Waals surface area contributed by atoms with Crippen LogP contribution < -0.4 is 10.1 Å². The summed E-state index contributed by atoms with van der Waals surface area (Å²) in [4.78, 5) is 11.8. The summed E-state index contributed by atoms with van der Waals surface area (Å²) in [5, 5.41) is 3.37. The molecular formula is C16H25NO3. The van der Waals surface area contributed by atoms with E-state index in [1.54, 1.807) is 0 Å². The van der Waals surface area contributed by atoms with Gasteiger partial charge in [-0.2, -0.15) is 0 Å². The Bertz CT molecular complexity index is 416. The van der Waals surface area contributed by atoms with Crippen molar-refractivity contribution in [3.63, 3.8) is 0 Å². The van der Waals surface area contributed by atoms with Crippen LogP contribution in [-0.2, 0) is 15.1 Å². The summed E-state index contributed by atoms with van der Waals surface area (Å²) >= 11 is 0. The van der Waals surface area contributed by atoms with Crippen LogP contribution in [0.15, 0.2) is 24.3 Å². The molecule has 0 bridgehead atoms. The normalized spacial score (nSPS) is 13.6. The smallest absolute Gasteiger partial charge is 0.307 e. The highest BCUT2D eigenvalue weighted by Crippen LogP contribution is 2.27. The zero-order chi connectivity index (χ0) is 15.0. The molecule has 4 nitrogen and oxygen atoms in total. The van der Waals surface area contributed by atoms with E-state index in [1.165, 1.54) is 0 Å². The highest BCUT2D eigenvalue weighted by atomic mass is 16.5. The lowest BCUT2D eigenvalue weighted by Crippen LogP contribution is -2.41. The SMILES string of the molecule is CCNC(C)(CC(=O)OCC)c1ccc(OCC)cc1. The van der Waals surface area contributed by atoms with Crippen molar-refractivity contribution in [3.05, 3.63) is 29.8 Å². The molecule has 0 fully saturated rings. The fourth-order valence-corrected chi connectivity index (χ4v) is 2.24. The number of ether oxygens (including phenoxy) is 2. The summed E-state index contributed by atoms with van der Waals surface area (Å²) in [5.41, 5.74) is 0.627. The molecule has 1 rings (SSSR count). The minimum Gasteiger partial charge on any atom is -0.494 e. The molecule has 0 aromatic heterocycles. The van der Waals surface area contributed by atoms with Gasteiger partial charge in [-0.15, -0.1) is 0 Å². The number of nitrogens with one attached hydrogen (secondary N) is 1. The number of esters is 1. The van der Waals surface area contributed by atoms with Gasteiger partial charge in [0.2, 0.25) is 0 Å². The Morgan fingerprint density at radius 3 is 2.30 bits per heavy atom. The number of rotatable bonds is 8. The molecule has 112 valence electrons. The van der Waals surface area contributed by atoms with Gasteiger partial charge in [-0.05, 0) is 45.0 Å². The van der Waals surface area contributed by atoms with E-state index in [0.717, 1.165) is 17.9 Å². The van der Waals surface area contributed by atoms with Crippen LogP contribution in [-0.4, -0.2) is 25.7 Å². The molecule has 4 heteroatoms. The van der Waals surface area contributed by atoms with Crippen LogP contribution in [0, 0.1) is 0 Å². The van der Waals surface area contributed by atoms with Gasteiger partial charge >= 0.3 is 5.97 Å². The molecule has 0 aliphatic carbocycles. The van der Waals surface area contributed by atoms with Gasteiger partial charge in [0.25, 0.3) is 0 Å².